The normalized spacial score (nSPS) is 10.1. The topological polar surface area (TPSA) is 29.1 Å². The molecule has 0 aliphatic carbocycles. The fourth-order valence-corrected chi connectivity index (χ4v) is 1.48. The van der Waals surface area contributed by atoms with Gasteiger partial charge >= 0.3 is 0 Å². The van der Waals surface area contributed by atoms with Crippen molar-refractivity contribution >= 4 is 35.8 Å². The van der Waals surface area contributed by atoms with Gasteiger partial charge in [0.25, 0.3) is 0 Å². The molecule has 0 aromatic heterocycles. The Morgan fingerprint density at radius 2 is 2.27 bits per heavy atom. The van der Waals surface area contributed by atoms with Gasteiger partial charge in [-0.25, -0.2) is 0 Å². The maximum atomic E-state index is 11.4. The van der Waals surface area contributed by atoms with Gasteiger partial charge in [-0.1, -0.05) is 24.9 Å². The first-order valence-corrected chi connectivity index (χ1v) is 5.74. The lowest BCUT2D eigenvalue weighted by molar-refractivity contribution is -0.116. The average molecular weight is 244 g/mol. The summed E-state index contributed by atoms with van der Waals surface area (Å²) in [5, 5.41) is 3.39. The van der Waals surface area contributed by atoms with Gasteiger partial charge in [-0.2, -0.15) is 0 Å². The molecule has 0 radical (unpaired) electrons. The zero-order valence-corrected chi connectivity index (χ0v) is 10.2. The first-order valence-electron chi connectivity index (χ1n) is 4.92. The molecule has 0 bridgehead atoms. The van der Waals surface area contributed by atoms with E-state index in [-0.39, 0.29) is 5.91 Å². The Balaban J connectivity index is 2.57. The van der Waals surface area contributed by atoms with E-state index in [0.717, 1.165) is 18.5 Å². The minimum absolute atomic E-state index is 0.0342. The highest BCUT2D eigenvalue weighted by Gasteiger charge is 2.03. The van der Waals surface area contributed by atoms with E-state index < -0.39 is 0 Å². The number of rotatable bonds is 4. The van der Waals surface area contributed by atoms with Crippen LogP contribution in [-0.2, 0) is 4.79 Å². The molecule has 15 heavy (non-hydrogen) atoms. The van der Waals surface area contributed by atoms with Gasteiger partial charge in [0.05, 0.1) is 5.02 Å². The lowest BCUT2D eigenvalue weighted by atomic mass is 10.2. The molecule has 4 heteroatoms. The third-order valence-electron chi connectivity index (χ3n) is 1.99. The molecule has 0 unspecified atom stereocenters. The Morgan fingerprint density at radius 3 is 2.87 bits per heavy atom. The zero-order valence-electron chi connectivity index (χ0n) is 8.59. The third kappa shape index (κ3) is 4.14. The van der Waals surface area contributed by atoms with Crippen molar-refractivity contribution in [3.63, 3.8) is 0 Å². The summed E-state index contributed by atoms with van der Waals surface area (Å²) < 4.78 is 0. The van der Waals surface area contributed by atoms with Crippen molar-refractivity contribution in [2.75, 3.05) is 5.32 Å². The number of carbonyl (C=O) groups excluding carboxylic acids is 1. The molecule has 0 atom stereocenters. The van der Waals surface area contributed by atoms with Crippen LogP contribution in [0.2, 0.25) is 5.02 Å². The van der Waals surface area contributed by atoms with Crippen LogP contribution in [0, 0.1) is 0 Å². The molecule has 1 rings (SSSR count). The Bertz CT molecular complexity index is 354. The van der Waals surface area contributed by atoms with Crippen LogP contribution in [0.3, 0.4) is 0 Å². The summed E-state index contributed by atoms with van der Waals surface area (Å²) in [5.74, 6) is 0.0342. The number of hydrogen-bond donors (Lipinski definition) is 2. The number of nitrogens with one attached hydrogen (secondary N) is 1. The molecule has 1 amide bonds. The molecule has 1 N–H and O–H groups in total. The lowest BCUT2D eigenvalue weighted by Crippen LogP contribution is -2.10. The summed E-state index contributed by atoms with van der Waals surface area (Å²) >= 11 is 9.99. The van der Waals surface area contributed by atoms with E-state index in [1.807, 2.05) is 0 Å². The molecule has 2 nitrogen and oxygen atoms in total. The Labute approximate surface area is 100 Å². The zero-order chi connectivity index (χ0) is 11.3. The molecule has 1 aromatic carbocycles. The number of carbonyl (C=O) groups is 1. The van der Waals surface area contributed by atoms with Crippen LogP contribution in [0.5, 0.6) is 0 Å². The maximum absolute atomic E-state index is 11.4. The molecular weight excluding hydrogens is 230 g/mol. The summed E-state index contributed by atoms with van der Waals surface area (Å²) in [5.41, 5.74) is 0.741. The maximum Gasteiger partial charge on any atom is 0.224 e. The first kappa shape index (κ1) is 12.4. The predicted molar refractivity (Wildman–Crippen MR) is 66.9 cm³/mol. The van der Waals surface area contributed by atoms with Crippen molar-refractivity contribution in [3.05, 3.63) is 23.2 Å². The third-order valence-corrected chi connectivity index (χ3v) is 2.82. The molecule has 0 spiro atoms. The number of unbranched alkanes of at least 4 members (excludes halogenated alkanes) is 1. The van der Waals surface area contributed by atoms with Crippen molar-refractivity contribution in [1.29, 1.82) is 0 Å². The molecular formula is C11H14ClNOS. The number of anilines is 1. The van der Waals surface area contributed by atoms with Gasteiger partial charge in [0, 0.05) is 17.0 Å². The molecule has 82 valence electrons. The van der Waals surface area contributed by atoms with Gasteiger partial charge in [-0.05, 0) is 24.6 Å². The largest absolute Gasteiger partial charge is 0.326 e. The minimum Gasteiger partial charge on any atom is -0.326 e. The van der Waals surface area contributed by atoms with Gasteiger partial charge in [-0.3, -0.25) is 4.79 Å². The van der Waals surface area contributed by atoms with E-state index >= 15 is 0 Å². The molecule has 0 aliphatic rings. The molecule has 1 aromatic rings. The Hall–Kier alpha value is -0.670. The second-order valence-electron chi connectivity index (χ2n) is 3.32. The van der Waals surface area contributed by atoms with Crippen LogP contribution in [0.1, 0.15) is 26.2 Å². The molecule has 0 aliphatic heterocycles. The van der Waals surface area contributed by atoms with E-state index in [2.05, 4.69) is 24.9 Å². The summed E-state index contributed by atoms with van der Waals surface area (Å²) in [4.78, 5) is 12.1. The number of halogens is 1. The fourth-order valence-electron chi connectivity index (χ4n) is 1.15. The quantitative estimate of drug-likeness (QED) is 0.775. The Morgan fingerprint density at radius 1 is 1.53 bits per heavy atom. The number of hydrogen-bond acceptors (Lipinski definition) is 2. The lowest BCUT2D eigenvalue weighted by Gasteiger charge is -2.05. The molecule has 0 fully saturated rings. The smallest absolute Gasteiger partial charge is 0.224 e. The minimum atomic E-state index is 0.0342. The highest BCUT2D eigenvalue weighted by molar-refractivity contribution is 7.80. The van der Waals surface area contributed by atoms with Crippen LogP contribution >= 0.6 is 24.2 Å². The van der Waals surface area contributed by atoms with Gasteiger partial charge < -0.3 is 5.32 Å². The number of amides is 1. The van der Waals surface area contributed by atoms with Gasteiger partial charge in [0.1, 0.15) is 0 Å². The molecule has 0 saturated carbocycles. The van der Waals surface area contributed by atoms with Gasteiger partial charge in [-0.15, -0.1) is 12.6 Å². The van der Waals surface area contributed by atoms with Crippen molar-refractivity contribution in [3.8, 4) is 0 Å². The predicted octanol–water partition coefficient (Wildman–Crippen LogP) is 3.76. The van der Waals surface area contributed by atoms with Crippen molar-refractivity contribution in [2.24, 2.45) is 0 Å². The van der Waals surface area contributed by atoms with Gasteiger partial charge in [0.2, 0.25) is 5.91 Å². The number of benzene rings is 1. The van der Waals surface area contributed by atoms with Crippen LogP contribution in [0.4, 0.5) is 5.69 Å². The van der Waals surface area contributed by atoms with Crippen molar-refractivity contribution < 1.29 is 4.79 Å². The summed E-state index contributed by atoms with van der Waals surface area (Å²) in [6.45, 7) is 2.06. The van der Waals surface area contributed by atoms with E-state index in [0.29, 0.717) is 16.3 Å². The Kier molecular flexibility index (Phi) is 4.99. The second-order valence-corrected chi connectivity index (χ2v) is 4.21. The van der Waals surface area contributed by atoms with E-state index in [1.165, 1.54) is 0 Å². The monoisotopic (exact) mass is 243 g/mol. The summed E-state index contributed by atoms with van der Waals surface area (Å²) in [7, 11) is 0. The fraction of sp³-hybridized carbons (Fsp3) is 0.364. The van der Waals surface area contributed by atoms with Crippen LogP contribution < -0.4 is 5.32 Å². The first-order chi connectivity index (χ1) is 7.13. The standard InChI is InChI=1S/C11H14ClNOS/c1-2-3-4-11(14)13-8-5-6-9(12)10(15)7-8/h5-7,15H,2-4H2,1H3,(H,13,14). The van der Waals surface area contributed by atoms with E-state index in [1.54, 1.807) is 18.2 Å². The second kappa shape index (κ2) is 6.03. The van der Waals surface area contributed by atoms with Crippen molar-refractivity contribution in [2.45, 2.75) is 31.1 Å². The van der Waals surface area contributed by atoms with E-state index in [9.17, 15) is 4.79 Å². The van der Waals surface area contributed by atoms with E-state index in [4.69, 9.17) is 11.6 Å². The highest BCUT2D eigenvalue weighted by atomic mass is 35.5. The molecule has 0 saturated heterocycles. The molecule has 0 heterocycles. The highest BCUT2D eigenvalue weighted by Crippen LogP contribution is 2.23. The summed E-state index contributed by atoms with van der Waals surface area (Å²) in [6, 6.07) is 5.24. The van der Waals surface area contributed by atoms with Crippen molar-refractivity contribution in [1.82, 2.24) is 0 Å². The average Bonchev–Trinajstić information content (AvgIpc) is 2.20. The van der Waals surface area contributed by atoms with Gasteiger partial charge in [0.15, 0.2) is 0 Å². The number of thiol groups is 1. The van der Waals surface area contributed by atoms with Crippen LogP contribution in [0.15, 0.2) is 23.1 Å². The SMILES string of the molecule is CCCCC(=O)Nc1ccc(Cl)c(S)c1. The van der Waals surface area contributed by atoms with Crippen LogP contribution in [-0.4, -0.2) is 5.91 Å². The summed E-state index contributed by atoms with van der Waals surface area (Å²) in [6.07, 6.45) is 2.49. The van der Waals surface area contributed by atoms with Crippen LogP contribution in [0.25, 0.3) is 0 Å².